The number of rotatable bonds is 3. The summed E-state index contributed by atoms with van der Waals surface area (Å²) in [4.78, 5) is 4.25. The van der Waals surface area contributed by atoms with Gasteiger partial charge in [-0.3, -0.25) is 0 Å². The molecule has 0 atom stereocenters. The first-order valence-electron chi connectivity index (χ1n) is 6.32. The summed E-state index contributed by atoms with van der Waals surface area (Å²) in [6.07, 6.45) is 8.81. The molecular formula is C13H18Br2N2O. The lowest BCUT2D eigenvalue weighted by atomic mass is 9.93. The fourth-order valence-electron chi connectivity index (χ4n) is 2.30. The molecule has 0 amide bonds. The average Bonchev–Trinajstić information content (AvgIpc) is 2.54. The van der Waals surface area contributed by atoms with Crippen LogP contribution in [0, 0.1) is 0 Å². The van der Waals surface area contributed by atoms with Crippen LogP contribution >= 0.6 is 31.9 Å². The van der Waals surface area contributed by atoms with Crippen LogP contribution in [0.3, 0.4) is 0 Å². The molecule has 0 radical (unpaired) electrons. The van der Waals surface area contributed by atoms with Crippen molar-refractivity contribution in [3.63, 3.8) is 0 Å². The quantitative estimate of drug-likeness (QED) is 0.808. The van der Waals surface area contributed by atoms with E-state index < -0.39 is 0 Å². The maximum atomic E-state index is 6.41. The van der Waals surface area contributed by atoms with Crippen molar-refractivity contribution in [2.75, 3.05) is 6.61 Å². The second-order valence-corrected chi connectivity index (χ2v) is 6.78. The summed E-state index contributed by atoms with van der Waals surface area (Å²) in [6, 6.07) is 1.93. The Morgan fingerprint density at radius 3 is 2.50 bits per heavy atom. The summed E-state index contributed by atoms with van der Waals surface area (Å²) in [5.41, 5.74) is 6.22. The molecule has 18 heavy (non-hydrogen) atoms. The van der Waals surface area contributed by atoms with Gasteiger partial charge in [-0.15, -0.1) is 0 Å². The monoisotopic (exact) mass is 376 g/mol. The van der Waals surface area contributed by atoms with Crippen LogP contribution in [-0.2, 0) is 0 Å². The predicted molar refractivity (Wildman–Crippen MR) is 79.8 cm³/mol. The highest BCUT2D eigenvalue weighted by Crippen LogP contribution is 2.29. The maximum Gasteiger partial charge on any atom is 0.228 e. The van der Waals surface area contributed by atoms with Crippen molar-refractivity contribution in [1.29, 1.82) is 0 Å². The Morgan fingerprint density at radius 2 is 1.89 bits per heavy atom. The topological polar surface area (TPSA) is 48.1 Å². The molecule has 0 aliphatic heterocycles. The molecule has 1 fully saturated rings. The molecule has 5 heteroatoms. The molecule has 2 rings (SSSR count). The van der Waals surface area contributed by atoms with Crippen molar-refractivity contribution < 1.29 is 4.74 Å². The van der Waals surface area contributed by atoms with Crippen LogP contribution in [0.15, 0.2) is 21.2 Å². The number of ether oxygens (including phenoxy) is 1. The summed E-state index contributed by atoms with van der Waals surface area (Å²) < 4.78 is 7.57. The largest absolute Gasteiger partial charge is 0.475 e. The van der Waals surface area contributed by atoms with E-state index in [0.29, 0.717) is 12.5 Å². The zero-order chi connectivity index (χ0) is 13.0. The molecule has 3 nitrogen and oxygen atoms in total. The number of nitrogens with zero attached hydrogens (tertiary/aromatic N) is 1. The van der Waals surface area contributed by atoms with Gasteiger partial charge in [-0.05, 0) is 50.8 Å². The van der Waals surface area contributed by atoms with Gasteiger partial charge in [0.05, 0.1) is 10.0 Å². The molecule has 1 saturated carbocycles. The highest BCUT2D eigenvalue weighted by molar-refractivity contribution is 9.11. The van der Waals surface area contributed by atoms with Gasteiger partial charge >= 0.3 is 0 Å². The summed E-state index contributed by atoms with van der Waals surface area (Å²) in [5.74, 6) is 0.618. The summed E-state index contributed by atoms with van der Waals surface area (Å²) in [7, 11) is 0. The van der Waals surface area contributed by atoms with Crippen LogP contribution in [0.2, 0.25) is 0 Å². The Balaban J connectivity index is 1.97. The standard InChI is InChI=1S/C13H18Br2N2O/c14-10-7-11(15)12(17-8-10)18-9-13(16)5-3-1-2-4-6-13/h7-8H,1-6,9,16H2. The van der Waals surface area contributed by atoms with Crippen LogP contribution in [0.1, 0.15) is 38.5 Å². The van der Waals surface area contributed by atoms with Crippen molar-refractivity contribution in [1.82, 2.24) is 4.98 Å². The van der Waals surface area contributed by atoms with E-state index >= 15 is 0 Å². The Labute approximate surface area is 125 Å². The second kappa shape index (κ2) is 6.35. The van der Waals surface area contributed by atoms with E-state index in [9.17, 15) is 0 Å². The fourth-order valence-corrected chi connectivity index (χ4v) is 3.40. The Hall–Kier alpha value is -0.130. The Kier molecular flexibility index (Phi) is 5.04. The van der Waals surface area contributed by atoms with Crippen molar-refractivity contribution in [2.24, 2.45) is 5.73 Å². The zero-order valence-corrected chi connectivity index (χ0v) is 13.5. The normalized spacial score (nSPS) is 19.3. The number of pyridine rings is 1. The third-order valence-corrected chi connectivity index (χ3v) is 4.37. The number of halogens is 2. The molecule has 0 unspecified atom stereocenters. The van der Waals surface area contributed by atoms with Crippen molar-refractivity contribution in [3.05, 3.63) is 21.2 Å². The van der Waals surface area contributed by atoms with Crippen LogP contribution < -0.4 is 10.5 Å². The maximum absolute atomic E-state index is 6.41. The number of hydrogen-bond donors (Lipinski definition) is 1. The summed E-state index contributed by atoms with van der Waals surface area (Å²) in [5, 5.41) is 0. The van der Waals surface area contributed by atoms with Gasteiger partial charge in [0.1, 0.15) is 6.61 Å². The van der Waals surface area contributed by atoms with Crippen LogP contribution in [0.25, 0.3) is 0 Å². The van der Waals surface area contributed by atoms with Gasteiger partial charge in [0.2, 0.25) is 5.88 Å². The van der Waals surface area contributed by atoms with Crippen LogP contribution in [0.5, 0.6) is 5.88 Å². The van der Waals surface area contributed by atoms with Crippen molar-refractivity contribution >= 4 is 31.9 Å². The first-order chi connectivity index (χ1) is 8.59. The molecule has 0 aromatic carbocycles. The summed E-state index contributed by atoms with van der Waals surface area (Å²) >= 11 is 6.82. The molecule has 2 N–H and O–H groups in total. The molecule has 1 aromatic rings. The highest BCUT2D eigenvalue weighted by Gasteiger charge is 2.27. The first-order valence-corrected chi connectivity index (χ1v) is 7.90. The third kappa shape index (κ3) is 3.93. The van der Waals surface area contributed by atoms with Crippen LogP contribution in [0.4, 0.5) is 0 Å². The van der Waals surface area contributed by atoms with Crippen molar-refractivity contribution in [2.45, 2.75) is 44.1 Å². The molecule has 1 aliphatic carbocycles. The minimum Gasteiger partial charge on any atom is -0.475 e. The lowest BCUT2D eigenvalue weighted by molar-refractivity contribution is 0.192. The van der Waals surface area contributed by atoms with E-state index in [0.717, 1.165) is 21.8 Å². The molecule has 0 spiro atoms. The smallest absolute Gasteiger partial charge is 0.228 e. The molecule has 1 heterocycles. The SMILES string of the molecule is NC1(COc2ncc(Br)cc2Br)CCCCCC1. The number of nitrogens with two attached hydrogens (primary N) is 1. The number of aromatic nitrogens is 1. The molecule has 0 bridgehead atoms. The molecule has 1 aromatic heterocycles. The second-order valence-electron chi connectivity index (χ2n) is 5.01. The third-order valence-electron chi connectivity index (χ3n) is 3.37. The lowest BCUT2D eigenvalue weighted by Crippen LogP contribution is -2.45. The molecule has 1 aliphatic rings. The van der Waals surface area contributed by atoms with Gasteiger partial charge in [0.25, 0.3) is 0 Å². The minimum atomic E-state index is -0.190. The first kappa shape index (κ1) is 14.3. The predicted octanol–water partition coefficient (Wildman–Crippen LogP) is 4.04. The highest BCUT2D eigenvalue weighted by atomic mass is 79.9. The molecular weight excluding hydrogens is 360 g/mol. The van der Waals surface area contributed by atoms with E-state index in [1.165, 1.54) is 25.7 Å². The number of hydrogen-bond acceptors (Lipinski definition) is 3. The van der Waals surface area contributed by atoms with E-state index in [4.69, 9.17) is 10.5 Å². The average molecular weight is 378 g/mol. The van der Waals surface area contributed by atoms with E-state index in [-0.39, 0.29) is 5.54 Å². The van der Waals surface area contributed by atoms with E-state index in [1.54, 1.807) is 6.20 Å². The van der Waals surface area contributed by atoms with Gasteiger partial charge in [0, 0.05) is 10.7 Å². The van der Waals surface area contributed by atoms with Gasteiger partial charge in [-0.2, -0.15) is 0 Å². The van der Waals surface area contributed by atoms with Gasteiger partial charge in [-0.1, -0.05) is 25.7 Å². The Bertz CT molecular complexity index is 404. The zero-order valence-electron chi connectivity index (χ0n) is 10.3. The summed E-state index contributed by atoms with van der Waals surface area (Å²) in [6.45, 7) is 0.542. The molecule has 0 saturated heterocycles. The Morgan fingerprint density at radius 1 is 1.22 bits per heavy atom. The van der Waals surface area contributed by atoms with Gasteiger partial charge < -0.3 is 10.5 Å². The van der Waals surface area contributed by atoms with Crippen LogP contribution in [-0.4, -0.2) is 17.1 Å². The fraction of sp³-hybridized carbons (Fsp3) is 0.615. The van der Waals surface area contributed by atoms with Gasteiger partial charge in [0.15, 0.2) is 0 Å². The van der Waals surface area contributed by atoms with Gasteiger partial charge in [-0.25, -0.2) is 4.98 Å². The van der Waals surface area contributed by atoms with E-state index in [2.05, 4.69) is 36.8 Å². The molecule has 100 valence electrons. The van der Waals surface area contributed by atoms with E-state index in [1.807, 2.05) is 6.07 Å². The minimum absolute atomic E-state index is 0.190. The van der Waals surface area contributed by atoms with Crippen molar-refractivity contribution in [3.8, 4) is 5.88 Å². The lowest BCUT2D eigenvalue weighted by Gasteiger charge is -2.27.